The van der Waals surface area contributed by atoms with E-state index in [0.717, 1.165) is 0 Å². The molecule has 0 atom stereocenters. The molecule has 0 heterocycles. The van der Waals surface area contributed by atoms with Crippen molar-refractivity contribution in [2.45, 2.75) is 0 Å². The molecule has 0 spiro atoms. The van der Waals surface area contributed by atoms with Gasteiger partial charge in [0.25, 0.3) is 0 Å². The third-order valence-corrected chi connectivity index (χ3v) is 0. The second-order valence-electron chi connectivity index (χ2n) is 0.551. The maximum atomic E-state index is 8.56. The normalized spacial score (nSPS) is 7.50. The number of rotatable bonds is 0. The molecular weight excluding hydrogens is 365 g/mol. The minimum atomic E-state index is -1.83. The Hall–Kier alpha value is 1.20. The van der Waals surface area contributed by atoms with Crippen LogP contribution in [0.1, 0.15) is 0 Å². The first-order valence-electron chi connectivity index (χ1n) is 1.25. The predicted octanol–water partition coefficient (Wildman–Crippen LogP) is 0.983. The third kappa shape index (κ3) is 191. The number of hydrogen-bond acceptors (Lipinski definition) is 4. The van der Waals surface area contributed by atoms with E-state index in [0.29, 0.717) is 0 Å². The van der Waals surface area contributed by atoms with Crippen molar-refractivity contribution >= 4 is 51.7 Å². The maximum absolute atomic E-state index is 8.56. The summed E-state index contributed by atoms with van der Waals surface area (Å²) in [6.45, 7) is 0. The summed E-state index contributed by atoms with van der Waals surface area (Å²) in [7, 11) is 11.7. The van der Waals surface area contributed by atoms with Crippen molar-refractivity contribution in [1.82, 2.24) is 0 Å². The van der Waals surface area contributed by atoms with Crippen LogP contribution in [0, 0.1) is 0 Å². The summed E-state index contributed by atoms with van der Waals surface area (Å²) < 4.78 is 0. The van der Waals surface area contributed by atoms with Gasteiger partial charge in [-0.1, -0.05) is 0 Å². The average Bonchev–Trinajstić information content (AvgIpc) is 1.25. The first-order valence-corrected chi connectivity index (χ1v) is 16.4. The van der Waals surface area contributed by atoms with Crippen LogP contribution in [0.3, 0.4) is 0 Å². The van der Waals surface area contributed by atoms with Crippen LogP contribution in [-0.2, 0) is 0 Å². The summed E-state index contributed by atoms with van der Waals surface area (Å²) in [6.07, 6.45) is -1.83. The van der Waals surface area contributed by atoms with E-state index in [4.69, 9.17) is 15.0 Å². The first-order chi connectivity index (χ1) is 3.46. The van der Waals surface area contributed by atoms with Crippen LogP contribution < -0.4 is 0 Å². The molecular formula is CH5BiO3S3. The zero-order valence-electron chi connectivity index (χ0n) is 3.59. The van der Waals surface area contributed by atoms with Gasteiger partial charge in [-0.2, -0.15) is 0 Å². The summed E-state index contributed by atoms with van der Waals surface area (Å²) in [5.41, 5.74) is 0. The number of thiol groups is 3. The van der Waals surface area contributed by atoms with Crippen molar-refractivity contribution in [1.29, 1.82) is 0 Å². The second-order valence-corrected chi connectivity index (χ2v) is 21.5. The summed E-state index contributed by atoms with van der Waals surface area (Å²) in [5, 5.41) is 13.9. The Balaban J connectivity index is 0. The van der Waals surface area contributed by atoms with Crippen LogP contribution in [0.15, 0.2) is 0 Å². The summed E-state index contributed by atoms with van der Waals surface area (Å²) >= 11 is -1.51. The molecule has 0 aromatic rings. The van der Waals surface area contributed by atoms with Crippen molar-refractivity contribution in [3.8, 4) is 0 Å². The Labute approximate surface area is 66.1 Å². The van der Waals surface area contributed by atoms with Crippen LogP contribution >= 0.6 is 28.2 Å². The van der Waals surface area contributed by atoms with Crippen LogP contribution in [0.5, 0.6) is 0 Å². The van der Waals surface area contributed by atoms with E-state index >= 15 is 0 Å². The topological polar surface area (TPSA) is 57.5 Å². The fraction of sp³-hybridized carbons (Fsp3) is 0. The van der Waals surface area contributed by atoms with Crippen LogP contribution in [0.2, 0.25) is 0 Å². The number of hydrogen-bond donors (Lipinski definition) is 5. The Morgan fingerprint density at radius 1 is 1.25 bits per heavy atom. The molecule has 0 rings (SSSR count). The minimum absolute atomic E-state index is 1.51. The van der Waals surface area contributed by atoms with E-state index < -0.39 is 23.5 Å². The molecule has 8 heavy (non-hydrogen) atoms. The summed E-state index contributed by atoms with van der Waals surface area (Å²) in [4.78, 5) is 8.56. The van der Waals surface area contributed by atoms with Crippen LogP contribution in [0.4, 0.5) is 4.79 Å². The van der Waals surface area contributed by atoms with Crippen molar-refractivity contribution in [2.24, 2.45) is 0 Å². The fourth-order valence-corrected chi connectivity index (χ4v) is 0. The number of carbonyl (C=O) groups is 1. The van der Waals surface area contributed by atoms with Crippen molar-refractivity contribution < 1.29 is 15.0 Å². The van der Waals surface area contributed by atoms with Gasteiger partial charge in [0.15, 0.2) is 0 Å². The van der Waals surface area contributed by atoms with Gasteiger partial charge < -0.3 is 10.2 Å². The molecule has 0 radical (unpaired) electrons. The van der Waals surface area contributed by atoms with Crippen molar-refractivity contribution in [2.75, 3.05) is 0 Å². The van der Waals surface area contributed by atoms with Crippen molar-refractivity contribution in [3.63, 3.8) is 0 Å². The van der Waals surface area contributed by atoms with Crippen LogP contribution in [0.25, 0.3) is 0 Å². The van der Waals surface area contributed by atoms with Gasteiger partial charge in [0.1, 0.15) is 0 Å². The summed E-state index contributed by atoms with van der Waals surface area (Å²) in [5.74, 6) is 0. The molecule has 0 aromatic heterocycles. The van der Waals surface area contributed by atoms with E-state index in [1.54, 1.807) is 0 Å². The van der Waals surface area contributed by atoms with Gasteiger partial charge in [-0.15, -0.1) is 0 Å². The molecule has 0 saturated carbocycles. The first kappa shape index (κ1) is 11.9. The third-order valence-electron chi connectivity index (χ3n) is 0. The van der Waals surface area contributed by atoms with E-state index in [-0.39, 0.29) is 0 Å². The molecule has 2 N–H and O–H groups in total. The second kappa shape index (κ2) is 8.20. The molecule has 0 unspecified atom stereocenters. The molecule has 3 nitrogen and oxygen atoms in total. The zero-order valence-corrected chi connectivity index (χ0v) is 9.75. The van der Waals surface area contributed by atoms with Gasteiger partial charge in [-0.3, -0.25) is 0 Å². The number of carboxylic acid groups (broad SMARTS) is 2. The monoisotopic (exact) mass is 370 g/mol. The zero-order chi connectivity index (χ0) is 7.15. The predicted molar refractivity (Wildman–Crippen MR) is 43.4 cm³/mol. The Morgan fingerprint density at radius 3 is 1.25 bits per heavy atom. The van der Waals surface area contributed by atoms with E-state index in [2.05, 4.69) is 28.2 Å². The Kier molecular flexibility index (Phi) is 12.2. The van der Waals surface area contributed by atoms with E-state index in [9.17, 15) is 0 Å². The summed E-state index contributed by atoms with van der Waals surface area (Å²) in [6, 6.07) is 0. The SMILES string of the molecule is O=C(O)O.[SH][Bi]([SH])[SH]. The molecule has 50 valence electrons. The molecule has 0 bridgehead atoms. The molecule has 0 aliphatic carbocycles. The van der Waals surface area contributed by atoms with Gasteiger partial charge in [0.2, 0.25) is 0 Å². The molecule has 0 aliphatic heterocycles. The molecule has 0 aromatic carbocycles. The van der Waals surface area contributed by atoms with E-state index in [1.165, 1.54) is 0 Å². The van der Waals surface area contributed by atoms with E-state index in [1.807, 2.05) is 0 Å². The molecule has 7 heteroatoms. The van der Waals surface area contributed by atoms with Crippen molar-refractivity contribution in [3.05, 3.63) is 0 Å². The van der Waals surface area contributed by atoms with Gasteiger partial charge in [0, 0.05) is 0 Å². The molecule has 0 aliphatic rings. The van der Waals surface area contributed by atoms with Gasteiger partial charge in [-0.05, 0) is 0 Å². The quantitative estimate of drug-likeness (QED) is 0.327. The van der Waals surface area contributed by atoms with Gasteiger partial charge in [-0.25, -0.2) is 4.79 Å². The average molecular weight is 370 g/mol. The molecule has 0 fully saturated rings. The Bertz CT molecular complexity index is 58.8. The Morgan fingerprint density at radius 2 is 1.25 bits per heavy atom. The molecule has 0 saturated heterocycles. The standard InChI is InChI=1S/CH2O3.Bi.3H2S/c2-1(3)4;;;;/h(H2,2,3,4);;3*1H2/q;+3;;;/p-3. The van der Waals surface area contributed by atoms with Gasteiger partial charge in [0.05, 0.1) is 0 Å². The molecule has 0 amide bonds. The van der Waals surface area contributed by atoms with Crippen LogP contribution in [-0.4, -0.2) is 33.7 Å². The van der Waals surface area contributed by atoms with Gasteiger partial charge >= 0.3 is 51.7 Å². The fourth-order valence-electron chi connectivity index (χ4n) is 0.